The summed E-state index contributed by atoms with van der Waals surface area (Å²) in [6.07, 6.45) is 73.0. The zero-order valence-corrected chi connectivity index (χ0v) is 48.1. The minimum Gasteiger partial charge on any atom is -0.387 e. The van der Waals surface area contributed by atoms with Crippen molar-refractivity contribution in [2.45, 2.75) is 276 Å². The van der Waals surface area contributed by atoms with Gasteiger partial charge in [-0.2, -0.15) is 0 Å². The van der Waals surface area contributed by atoms with Gasteiger partial charge in [0.05, 0.1) is 39.9 Å². The number of unbranched alkanes of at least 4 members (excludes halogenated alkanes) is 31. The molecular formula is C62H116N2O6P+. The fourth-order valence-corrected chi connectivity index (χ4v) is 9.26. The monoisotopic (exact) mass is 1020 g/mol. The van der Waals surface area contributed by atoms with Crippen molar-refractivity contribution in [2.75, 3.05) is 40.9 Å². The molecule has 3 atom stereocenters. The number of phosphoric acid groups is 1. The van der Waals surface area contributed by atoms with E-state index in [0.29, 0.717) is 17.4 Å². The molecule has 0 heterocycles. The van der Waals surface area contributed by atoms with Crippen molar-refractivity contribution < 1.29 is 32.9 Å². The molecule has 0 aliphatic heterocycles. The van der Waals surface area contributed by atoms with E-state index in [0.717, 1.165) is 70.6 Å². The van der Waals surface area contributed by atoms with Crippen molar-refractivity contribution >= 4 is 13.7 Å². The lowest BCUT2D eigenvalue weighted by Gasteiger charge is -2.25. The second-order valence-corrected chi connectivity index (χ2v) is 22.8. The Hall–Kier alpha value is -2.06. The first-order chi connectivity index (χ1) is 34.5. The van der Waals surface area contributed by atoms with E-state index < -0.39 is 20.0 Å². The molecule has 0 aromatic heterocycles. The minimum atomic E-state index is -4.36. The molecular weight excluding hydrogens is 900 g/mol. The van der Waals surface area contributed by atoms with Crippen LogP contribution >= 0.6 is 7.82 Å². The minimum absolute atomic E-state index is 0.0515. The number of amides is 1. The molecule has 1 amide bonds. The highest BCUT2D eigenvalue weighted by molar-refractivity contribution is 7.47. The summed E-state index contributed by atoms with van der Waals surface area (Å²) in [5.74, 6) is -0.195. The van der Waals surface area contributed by atoms with E-state index in [1.807, 2.05) is 27.2 Å². The predicted molar refractivity (Wildman–Crippen MR) is 309 cm³/mol. The maximum absolute atomic E-state index is 13.0. The SMILES string of the molecule is CC/C=C\C/C=C\C/C=C\C/C=C\CCCCCCCCCCC(=O)NC(COP(=O)(O)OCC[N+](C)(C)C)C(O)/C=C/CC/C=C/CCCCCCCCCCCCCCCCCCCCCCCC. The molecule has 0 aromatic carbocycles. The Morgan fingerprint density at radius 1 is 0.493 bits per heavy atom. The first kappa shape index (κ1) is 68.9. The van der Waals surface area contributed by atoms with Crippen molar-refractivity contribution in [3.05, 3.63) is 72.9 Å². The highest BCUT2D eigenvalue weighted by atomic mass is 31.2. The summed E-state index contributed by atoms with van der Waals surface area (Å²) in [6.45, 7) is 4.70. The van der Waals surface area contributed by atoms with Gasteiger partial charge in [0, 0.05) is 6.42 Å². The molecule has 0 rings (SSSR count). The number of allylic oxidation sites excluding steroid dienone is 11. The smallest absolute Gasteiger partial charge is 0.387 e. The van der Waals surface area contributed by atoms with E-state index in [1.54, 1.807) is 6.08 Å². The molecule has 9 heteroatoms. The normalized spacial score (nSPS) is 14.4. The van der Waals surface area contributed by atoms with Gasteiger partial charge in [-0.05, 0) is 70.6 Å². The first-order valence-electron chi connectivity index (χ1n) is 29.8. The van der Waals surface area contributed by atoms with E-state index in [-0.39, 0.29) is 19.1 Å². The number of rotatable bonds is 54. The van der Waals surface area contributed by atoms with Gasteiger partial charge in [-0.15, -0.1) is 0 Å². The van der Waals surface area contributed by atoms with Gasteiger partial charge in [-0.25, -0.2) is 4.57 Å². The summed E-state index contributed by atoms with van der Waals surface area (Å²) in [5, 5.41) is 13.9. The van der Waals surface area contributed by atoms with Crippen molar-refractivity contribution in [3.8, 4) is 0 Å². The molecule has 0 aliphatic carbocycles. The van der Waals surface area contributed by atoms with Crippen LogP contribution in [0.15, 0.2) is 72.9 Å². The van der Waals surface area contributed by atoms with Crippen LogP contribution in [0.5, 0.6) is 0 Å². The molecule has 0 saturated heterocycles. The zero-order chi connectivity index (χ0) is 52.0. The Morgan fingerprint density at radius 3 is 1.30 bits per heavy atom. The standard InChI is InChI=1S/C62H115N2O6P/c1-6-8-10-12-14-16-18-20-22-24-26-28-29-30-31-32-33-34-36-37-39-41-43-45-47-49-51-53-55-61(65)60(59-70-71(67,68)69-58-57-64(3,4)5)63-62(66)56-54-52-50-48-46-44-42-40-38-35-27-25-23-21-19-17-15-13-11-9-7-2/h9,11,15,17,21,23,27,35,45,47,53,55,60-61,65H,6-8,10,12-14,16,18-20,22,24-26,28-34,36-44,46,48-52,54,56-59H2,1-5H3,(H-,63,66,67,68)/p+1/b11-9-,17-15-,23-21-,35-27-,47-45+,55-53+. The number of carbonyl (C=O) groups excluding carboxylic acids is 1. The molecule has 8 nitrogen and oxygen atoms in total. The van der Waals surface area contributed by atoms with Gasteiger partial charge in [0.1, 0.15) is 13.2 Å². The van der Waals surface area contributed by atoms with Gasteiger partial charge in [0.15, 0.2) is 0 Å². The molecule has 414 valence electrons. The molecule has 3 unspecified atom stereocenters. The topological polar surface area (TPSA) is 105 Å². The maximum Gasteiger partial charge on any atom is 0.472 e. The number of hydrogen-bond acceptors (Lipinski definition) is 5. The third kappa shape index (κ3) is 55.5. The number of quaternary nitrogens is 1. The van der Waals surface area contributed by atoms with Crippen LogP contribution in [0, 0.1) is 0 Å². The Kier molecular flexibility index (Phi) is 51.3. The average molecular weight is 1020 g/mol. The summed E-state index contributed by atoms with van der Waals surface area (Å²) in [6, 6.07) is -0.873. The Bertz CT molecular complexity index is 1380. The Morgan fingerprint density at radius 2 is 0.859 bits per heavy atom. The van der Waals surface area contributed by atoms with Gasteiger partial charge in [0.25, 0.3) is 0 Å². The largest absolute Gasteiger partial charge is 0.472 e. The number of phosphoric ester groups is 1. The van der Waals surface area contributed by atoms with E-state index in [1.165, 1.54) is 173 Å². The van der Waals surface area contributed by atoms with Crippen LogP contribution in [0.1, 0.15) is 264 Å². The fraction of sp³-hybridized carbons (Fsp3) is 0.790. The summed E-state index contributed by atoms with van der Waals surface area (Å²) in [7, 11) is 1.54. The summed E-state index contributed by atoms with van der Waals surface area (Å²) in [5.41, 5.74) is 0. The summed E-state index contributed by atoms with van der Waals surface area (Å²) < 4.78 is 23.7. The van der Waals surface area contributed by atoms with E-state index in [9.17, 15) is 19.4 Å². The lowest BCUT2D eigenvalue weighted by Crippen LogP contribution is -2.45. The van der Waals surface area contributed by atoms with Crippen LogP contribution in [-0.4, -0.2) is 73.4 Å². The van der Waals surface area contributed by atoms with Crippen molar-refractivity contribution in [1.29, 1.82) is 0 Å². The number of aliphatic hydroxyl groups is 1. The Labute approximate surface area is 440 Å². The van der Waals surface area contributed by atoms with Gasteiger partial charge in [-0.1, -0.05) is 260 Å². The second kappa shape index (κ2) is 52.8. The first-order valence-corrected chi connectivity index (χ1v) is 31.3. The van der Waals surface area contributed by atoms with Gasteiger partial charge in [-0.3, -0.25) is 13.8 Å². The van der Waals surface area contributed by atoms with E-state index in [2.05, 4.69) is 79.9 Å². The lowest BCUT2D eigenvalue weighted by molar-refractivity contribution is -0.870. The molecule has 0 aliphatic rings. The molecule has 0 aromatic rings. The van der Waals surface area contributed by atoms with Crippen LogP contribution in [-0.2, 0) is 18.4 Å². The van der Waals surface area contributed by atoms with Crippen LogP contribution in [0.2, 0.25) is 0 Å². The van der Waals surface area contributed by atoms with Crippen molar-refractivity contribution in [3.63, 3.8) is 0 Å². The lowest BCUT2D eigenvalue weighted by atomic mass is 10.0. The summed E-state index contributed by atoms with van der Waals surface area (Å²) in [4.78, 5) is 23.3. The molecule has 71 heavy (non-hydrogen) atoms. The second-order valence-electron chi connectivity index (χ2n) is 21.3. The number of likely N-dealkylation sites (N-methyl/N-ethyl adjacent to an activating group) is 1. The third-order valence-electron chi connectivity index (χ3n) is 13.2. The van der Waals surface area contributed by atoms with Crippen LogP contribution < -0.4 is 5.32 Å². The number of carbonyl (C=O) groups is 1. The number of aliphatic hydroxyl groups excluding tert-OH is 1. The van der Waals surface area contributed by atoms with Gasteiger partial charge in [0.2, 0.25) is 5.91 Å². The summed E-state index contributed by atoms with van der Waals surface area (Å²) >= 11 is 0. The highest BCUT2D eigenvalue weighted by Crippen LogP contribution is 2.43. The fourth-order valence-electron chi connectivity index (χ4n) is 8.52. The van der Waals surface area contributed by atoms with Crippen molar-refractivity contribution in [2.24, 2.45) is 0 Å². The van der Waals surface area contributed by atoms with Gasteiger partial charge < -0.3 is 19.8 Å². The number of nitrogens with one attached hydrogen (secondary N) is 1. The highest BCUT2D eigenvalue weighted by Gasteiger charge is 2.27. The molecule has 3 N–H and O–H groups in total. The van der Waals surface area contributed by atoms with E-state index in [4.69, 9.17) is 9.05 Å². The average Bonchev–Trinajstić information content (AvgIpc) is 3.33. The van der Waals surface area contributed by atoms with Crippen LogP contribution in [0.3, 0.4) is 0 Å². The third-order valence-corrected chi connectivity index (χ3v) is 14.1. The maximum atomic E-state index is 13.0. The predicted octanol–water partition coefficient (Wildman–Crippen LogP) is 18.3. The molecule has 0 bridgehead atoms. The van der Waals surface area contributed by atoms with Crippen LogP contribution in [0.25, 0.3) is 0 Å². The Balaban J connectivity index is 4.24. The van der Waals surface area contributed by atoms with Crippen LogP contribution in [0.4, 0.5) is 0 Å². The molecule has 0 radical (unpaired) electrons. The number of hydrogen-bond donors (Lipinski definition) is 3. The van der Waals surface area contributed by atoms with Gasteiger partial charge >= 0.3 is 7.82 Å². The van der Waals surface area contributed by atoms with Crippen molar-refractivity contribution in [1.82, 2.24) is 5.32 Å². The zero-order valence-electron chi connectivity index (χ0n) is 47.2. The quantitative estimate of drug-likeness (QED) is 0.0243. The molecule has 0 saturated carbocycles. The molecule has 0 spiro atoms. The molecule has 0 fully saturated rings. The van der Waals surface area contributed by atoms with E-state index >= 15 is 0 Å². The number of nitrogens with zero attached hydrogens (tertiary/aromatic N) is 1.